The molecule has 0 aromatic carbocycles. The minimum Gasteiger partial charge on any atom is -0.388 e. The van der Waals surface area contributed by atoms with E-state index in [2.05, 4.69) is 15.5 Å². The highest BCUT2D eigenvalue weighted by Crippen LogP contribution is 2.01. The highest BCUT2D eigenvalue weighted by atomic mass is 16.3. The van der Waals surface area contributed by atoms with E-state index in [1.165, 1.54) is 6.33 Å². The summed E-state index contributed by atoms with van der Waals surface area (Å²) in [6, 6.07) is 0. The molecule has 0 bridgehead atoms. The Balaban J connectivity index is 2.43. The van der Waals surface area contributed by atoms with Crippen molar-refractivity contribution in [3.05, 3.63) is 12.2 Å². The van der Waals surface area contributed by atoms with Crippen LogP contribution in [0.25, 0.3) is 0 Å². The van der Waals surface area contributed by atoms with Crippen molar-refractivity contribution in [3.8, 4) is 0 Å². The number of carbonyl (C=O) groups is 1. The van der Waals surface area contributed by atoms with Crippen LogP contribution < -0.4 is 5.32 Å². The number of aromatic nitrogens is 3. The Kier molecular flexibility index (Phi) is 4.00. The van der Waals surface area contributed by atoms with Gasteiger partial charge in [0, 0.05) is 18.5 Å². The maximum Gasteiger partial charge on any atom is 0.222 e. The number of nitrogens with one attached hydrogen (secondary N) is 1. The lowest BCUT2D eigenvalue weighted by atomic mass is 10.1. The topological polar surface area (TPSA) is 80.0 Å². The summed E-state index contributed by atoms with van der Waals surface area (Å²) in [5.41, 5.74) is -0.218. The van der Waals surface area contributed by atoms with Crippen molar-refractivity contribution in [2.24, 2.45) is 0 Å². The van der Waals surface area contributed by atoms with E-state index >= 15 is 0 Å². The Bertz CT molecular complexity index is 354. The van der Waals surface area contributed by atoms with E-state index in [4.69, 9.17) is 5.11 Å². The average Bonchev–Trinajstić information content (AvgIpc) is 2.59. The van der Waals surface area contributed by atoms with Crippen LogP contribution in [0.1, 0.15) is 33.0 Å². The van der Waals surface area contributed by atoms with Crippen LogP contribution in [0.5, 0.6) is 0 Å². The fourth-order valence-corrected chi connectivity index (χ4v) is 1.29. The van der Waals surface area contributed by atoms with Gasteiger partial charge in [0.2, 0.25) is 5.91 Å². The van der Waals surface area contributed by atoms with Crippen LogP contribution in [0.15, 0.2) is 6.33 Å². The van der Waals surface area contributed by atoms with Crippen molar-refractivity contribution in [1.82, 2.24) is 20.1 Å². The van der Waals surface area contributed by atoms with E-state index in [9.17, 15) is 4.79 Å². The molecule has 0 aliphatic rings. The van der Waals surface area contributed by atoms with Crippen molar-refractivity contribution in [2.45, 2.75) is 45.9 Å². The number of nitrogens with zero attached hydrogens (tertiary/aromatic N) is 3. The molecule has 16 heavy (non-hydrogen) atoms. The quantitative estimate of drug-likeness (QED) is 0.761. The van der Waals surface area contributed by atoms with Gasteiger partial charge < -0.3 is 15.0 Å². The summed E-state index contributed by atoms with van der Waals surface area (Å²) in [7, 11) is 0. The van der Waals surface area contributed by atoms with Gasteiger partial charge in [-0.15, -0.1) is 10.2 Å². The van der Waals surface area contributed by atoms with Gasteiger partial charge in [-0.25, -0.2) is 0 Å². The number of rotatable bonds is 4. The molecule has 0 fully saturated rings. The van der Waals surface area contributed by atoms with Gasteiger partial charge in [-0.05, 0) is 20.8 Å². The van der Waals surface area contributed by atoms with Crippen molar-refractivity contribution in [2.75, 3.05) is 0 Å². The molecule has 6 heteroatoms. The maximum absolute atomic E-state index is 11.5. The summed E-state index contributed by atoms with van der Waals surface area (Å²) < 4.78 is 1.67. The van der Waals surface area contributed by atoms with Crippen molar-refractivity contribution >= 4 is 5.91 Å². The van der Waals surface area contributed by atoms with Crippen LogP contribution in [0.4, 0.5) is 0 Å². The zero-order chi connectivity index (χ0) is 12.2. The Hall–Kier alpha value is -1.43. The molecule has 0 radical (unpaired) electrons. The fraction of sp³-hybridized carbons (Fsp3) is 0.700. The van der Waals surface area contributed by atoms with Gasteiger partial charge in [0.25, 0.3) is 0 Å². The van der Waals surface area contributed by atoms with Gasteiger partial charge in [-0.3, -0.25) is 4.79 Å². The molecule has 0 spiro atoms. The van der Waals surface area contributed by atoms with Gasteiger partial charge in [-0.2, -0.15) is 0 Å². The highest BCUT2D eigenvalue weighted by Gasteiger charge is 2.13. The molecular weight excluding hydrogens is 208 g/mol. The van der Waals surface area contributed by atoms with E-state index < -0.39 is 0 Å². The van der Waals surface area contributed by atoms with E-state index in [1.54, 1.807) is 4.57 Å². The first-order chi connectivity index (χ1) is 7.42. The maximum atomic E-state index is 11.5. The third kappa shape index (κ3) is 3.98. The third-order valence-electron chi connectivity index (χ3n) is 1.93. The smallest absolute Gasteiger partial charge is 0.222 e. The second-order valence-electron chi connectivity index (χ2n) is 4.65. The Labute approximate surface area is 94.7 Å². The zero-order valence-electron chi connectivity index (χ0n) is 9.90. The number of aliphatic hydroxyl groups is 1. The molecule has 0 saturated carbocycles. The number of amides is 1. The lowest BCUT2D eigenvalue weighted by molar-refractivity contribution is -0.122. The minimum atomic E-state index is -0.218. The largest absolute Gasteiger partial charge is 0.388 e. The van der Waals surface area contributed by atoms with Gasteiger partial charge in [0.15, 0.2) is 5.82 Å². The molecule has 2 N–H and O–H groups in total. The first-order valence-corrected chi connectivity index (χ1v) is 5.21. The van der Waals surface area contributed by atoms with E-state index in [-0.39, 0.29) is 18.1 Å². The molecular formula is C10H18N4O2. The molecule has 0 aliphatic heterocycles. The molecule has 1 heterocycles. The molecule has 0 aliphatic carbocycles. The molecule has 1 rings (SSSR count). The predicted molar refractivity (Wildman–Crippen MR) is 58.5 cm³/mol. The second-order valence-corrected chi connectivity index (χ2v) is 4.65. The molecule has 0 atom stereocenters. The van der Waals surface area contributed by atoms with Crippen LogP contribution in [0.3, 0.4) is 0 Å². The van der Waals surface area contributed by atoms with E-state index in [1.807, 2.05) is 20.8 Å². The first-order valence-electron chi connectivity index (χ1n) is 5.21. The Morgan fingerprint density at radius 3 is 2.81 bits per heavy atom. The summed E-state index contributed by atoms with van der Waals surface area (Å²) in [4.78, 5) is 11.5. The van der Waals surface area contributed by atoms with E-state index in [0.29, 0.717) is 18.8 Å². The Morgan fingerprint density at radius 1 is 1.56 bits per heavy atom. The summed E-state index contributed by atoms with van der Waals surface area (Å²) in [6.45, 7) is 6.11. The molecule has 0 saturated heterocycles. The molecule has 1 aromatic rings. The highest BCUT2D eigenvalue weighted by molar-refractivity contribution is 5.76. The number of hydrogen-bond acceptors (Lipinski definition) is 4. The number of aryl methyl sites for hydroxylation is 1. The van der Waals surface area contributed by atoms with Crippen molar-refractivity contribution in [1.29, 1.82) is 0 Å². The third-order valence-corrected chi connectivity index (χ3v) is 1.93. The molecule has 6 nitrogen and oxygen atoms in total. The second kappa shape index (κ2) is 5.07. The lowest BCUT2D eigenvalue weighted by Crippen LogP contribution is -2.40. The average molecular weight is 226 g/mol. The normalized spacial score (nSPS) is 11.5. The van der Waals surface area contributed by atoms with Gasteiger partial charge in [0.05, 0.1) is 0 Å². The van der Waals surface area contributed by atoms with Gasteiger partial charge in [-0.1, -0.05) is 0 Å². The van der Waals surface area contributed by atoms with E-state index in [0.717, 1.165) is 0 Å². The van der Waals surface area contributed by atoms with Crippen LogP contribution >= 0.6 is 0 Å². The van der Waals surface area contributed by atoms with Gasteiger partial charge >= 0.3 is 0 Å². The van der Waals surface area contributed by atoms with Crippen molar-refractivity contribution in [3.63, 3.8) is 0 Å². The number of aliphatic hydroxyl groups excluding tert-OH is 1. The molecule has 1 amide bonds. The SMILES string of the molecule is CC(C)(C)NC(=O)CCn1cnnc1CO. The molecule has 90 valence electrons. The van der Waals surface area contributed by atoms with Crippen molar-refractivity contribution < 1.29 is 9.90 Å². The van der Waals surface area contributed by atoms with Crippen LogP contribution in [0, 0.1) is 0 Å². The monoisotopic (exact) mass is 226 g/mol. The predicted octanol–water partition coefficient (Wildman–Crippen LogP) is 0.0752. The Morgan fingerprint density at radius 2 is 2.25 bits per heavy atom. The van der Waals surface area contributed by atoms with Crippen LogP contribution in [-0.4, -0.2) is 31.3 Å². The van der Waals surface area contributed by atoms with Crippen LogP contribution in [-0.2, 0) is 17.9 Å². The minimum absolute atomic E-state index is 0.0231. The summed E-state index contributed by atoms with van der Waals surface area (Å²) in [5.74, 6) is 0.452. The lowest BCUT2D eigenvalue weighted by Gasteiger charge is -2.20. The fourth-order valence-electron chi connectivity index (χ4n) is 1.29. The number of carbonyl (C=O) groups excluding carboxylic acids is 1. The summed E-state index contributed by atoms with van der Waals surface area (Å²) >= 11 is 0. The zero-order valence-corrected chi connectivity index (χ0v) is 9.90. The summed E-state index contributed by atoms with van der Waals surface area (Å²) in [6.07, 6.45) is 1.86. The molecule has 0 unspecified atom stereocenters. The number of hydrogen-bond donors (Lipinski definition) is 2. The molecule has 1 aromatic heterocycles. The summed E-state index contributed by atoms with van der Waals surface area (Å²) in [5, 5.41) is 19.2. The first kappa shape index (κ1) is 12.6. The van der Waals surface area contributed by atoms with Crippen LogP contribution in [0.2, 0.25) is 0 Å². The standard InChI is InChI=1S/C10H18N4O2/c1-10(2,3)12-9(16)4-5-14-7-11-13-8(14)6-15/h7,15H,4-6H2,1-3H3,(H,12,16). The van der Waals surface area contributed by atoms with Gasteiger partial charge in [0.1, 0.15) is 12.9 Å².